The fraction of sp³-hybridized carbons (Fsp3) is 0.154. The van der Waals surface area contributed by atoms with E-state index in [9.17, 15) is 4.79 Å². The van der Waals surface area contributed by atoms with Crippen molar-refractivity contribution >= 4 is 17.3 Å². The van der Waals surface area contributed by atoms with Crippen molar-refractivity contribution < 1.29 is 0 Å². The summed E-state index contributed by atoms with van der Waals surface area (Å²) >= 11 is 5.82. The highest BCUT2D eigenvalue weighted by molar-refractivity contribution is 6.30. The van der Waals surface area contributed by atoms with Gasteiger partial charge < -0.3 is 5.73 Å². The van der Waals surface area contributed by atoms with Crippen LogP contribution in [0.4, 0.5) is 5.69 Å². The zero-order valence-electron chi connectivity index (χ0n) is 9.70. The van der Waals surface area contributed by atoms with Gasteiger partial charge in [0.15, 0.2) is 0 Å². The lowest BCUT2D eigenvalue weighted by Crippen LogP contribution is -2.24. The smallest absolute Gasteiger partial charge is 0.278 e. The Kier molecular flexibility index (Phi) is 2.94. The van der Waals surface area contributed by atoms with E-state index in [1.54, 1.807) is 28.8 Å². The van der Waals surface area contributed by atoms with Crippen LogP contribution in [0.1, 0.15) is 11.3 Å². The maximum Gasteiger partial charge on any atom is 0.278 e. The van der Waals surface area contributed by atoms with Crippen molar-refractivity contribution in [1.82, 2.24) is 4.57 Å². The number of anilines is 1. The van der Waals surface area contributed by atoms with Gasteiger partial charge >= 0.3 is 0 Å². The predicted molar refractivity (Wildman–Crippen MR) is 70.9 cm³/mol. The van der Waals surface area contributed by atoms with Crippen molar-refractivity contribution in [3.8, 4) is 5.69 Å². The summed E-state index contributed by atoms with van der Waals surface area (Å²) in [6, 6.07) is 8.99. The lowest BCUT2D eigenvalue weighted by Gasteiger charge is -2.12. The number of nitrogen functional groups attached to an aromatic ring is 1. The van der Waals surface area contributed by atoms with Gasteiger partial charge in [-0.1, -0.05) is 11.6 Å². The van der Waals surface area contributed by atoms with Gasteiger partial charge in [-0.25, -0.2) is 0 Å². The molecule has 0 aliphatic rings. The zero-order chi connectivity index (χ0) is 12.6. The lowest BCUT2D eigenvalue weighted by atomic mass is 10.2. The highest BCUT2D eigenvalue weighted by Crippen LogP contribution is 2.16. The Hall–Kier alpha value is -1.74. The van der Waals surface area contributed by atoms with Gasteiger partial charge in [0, 0.05) is 16.4 Å². The molecule has 2 N–H and O–H groups in total. The molecule has 3 nitrogen and oxygen atoms in total. The molecule has 0 spiro atoms. The molecule has 2 aromatic rings. The molecule has 88 valence electrons. The summed E-state index contributed by atoms with van der Waals surface area (Å²) < 4.78 is 1.58. The van der Waals surface area contributed by atoms with Gasteiger partial charge in [0.1, 0.15) is 5.69 Å². The maximum atomic E-state index is 12.1. The van der Waals surface area contributed by atoms with Crippen molar-refractivity contribution in [3.05, 3.63) is 57.0 Å². The second kappa shape index (κ2) is 4.26. The Balaban J connectivity index is 2.72. The minimum atomic E-state index is -0.190. The van der Waals surface area contributed by atoms with Crippen LogP contribution in [0.5, 0.6) is 0 Å². The maximum absolute atomic E-state index is 12.1. The van der Waals surface area contributed by atoms with Crippen LogP contribution in [0, 0.1) is 13.8 Å². The van der Waals surface area contributed by atoms with Crippen LogP contribution < -0.4 is 11.3 Å². The summed E-state index contributed by atoms with van der Waals surface area (Å²) in [6.07, 6.45) is 0. The van der Waals surface area contributed by atoms with E-state index >= 15 is 0 Å². The SMILES string of the molecule is Cc1cc(C)n(-c2ccc(Cl)cc2)c(=O)c1N. The number of hydrogen-bond donors (Lipinski definition) is 1. The molecule has 0 aliphatic heterocycles. The molecule has 0 saturated carbocycles. The van der Waals surface area contributed by atoms with E-state index in [-0.39, 0.29) is 11.2 Å². The molecule has 0 bridgehead atoms. The number of aryl methyl sites for hydroxylation is 2. The van der Waals surface area contributed by atoms with Gasteiger partial charge in [-0.15, -0.1) is 0 Å². The Bertz CT molecular complexity index is 615. The summed E-state index contributed by atoms with van der Waals surface area (Å²) in [5.74, 6) is 0. The summed E-state index contributed by atoms with van der Waals surface area (Å²) in [6.45, 7) is 3.71. The standard InChI is InChI=1S/C13H13ClN2O/c1-8-7-9(2)16(13(17)12(8)15)11-5-3-10(14)4-6-11/h3-7H,15H2,1-2H3. The van der Waals surface area contributed by atoms with Gasteiger partial charge in [0.05, 0.1) is 0 Å². The Morgan fingerprint density at radius 3 is 2.35 bits per heavy atom. The molecule has 0 fully saturated rings. The van der Waals surface area contributed by atoms with Crippen LogP contribution in [0.2, 0.25) is 5.02 Å². The Labute approximate surface area is 104 Å². The molecule has 17 heavy (non-hydrogen) atoms. The average molecular weight is 249 g/mol. The molecule has 1 heterocycles. The van der Waals surface area contributed by atoms with E-state index in [0.29, 0.717) is 5.02 Å². The van der Waals surface area contributed by atoms with Crippen molar-refractivity contribution in [3.63, 3.8) is 0 Å². The van der Waals surface area contributed by atoms with E-state index in [2.05, 4.69) is 0 Å². The normalized spacial score (nSPS) is 10.5. The highest BCUT2D eigenvalue weighted by atomic mass is 35.5. The quantitative estimate of drug-likeness (QED) is 0.844. The molecule has 1 aromatic heterocycles. The zero-order valence-corrected chi connectivity index (χ0v) is 10.5. The van der Waals surface area contributed by atoms with Gasteiger partial charge in [-0.05, 0) is 49.7 Å². The molecular formula is C13H13ClN2O. The first-order valence-corrected chi connectivity index (χ1v) is 5.63. The average Bonchev–Trinajstić information content (AvgIpc) is 2.29. The molecule has 0 saturated heterocycles. The monoisotopic (exact) mass is 248 g/mol. The van der Waals surface area contributed by atoms with Gasteiger partial charge in [0.25, 0.3) is 5.56 Å². The topological polar surface area (TPSA) is 48.0 Å². The number of aromatic nitrogens is 1. The molecule has 0 aliphatic carbocycles. The molecule has 0 radical (unpaired) electrons. The Morgan fingerprint density at radius 1 is 1.18 bits per heavy atom. The summed E-state index contributed by atoms with van der Waals surface area (Å²) in [5, 5.41) is 0.638. The molecule has 2 rings (SSSR count). The first kappa shape index (κ1) is 11.7. The van der Waals surface area contributed by atoms with Crippen LogP contribution in [0.3, 0.4) is 0 Å². The van der Waals surface area contributed by atoms with Crippen LogP contribution in [0.15, 0.2) is 35.1 Å². The molecule has 0 unspecified atom stereocenters. The first-order valence-electron chi connectivity index (χ1n) is 5.25. The molecule has 0 amide bonds. The first-order chi connectivity index (χ1) is 8.00. The molecule has 0 atom stereocenters. The molecular weight excluding hydrogens is 236 g/mol. The fourth-order valence-corrected chi connectivity index (χ4v) is 1.94. The summed E-state index contributed by atoms with van der Waals surface area (Å²) in [7, 11) is 0. The number of benzene rings is 1. The van der Waals surface area contributed by atoms with Crippen molar-refractivity contribution in [2.75, 3.05) is 5.73 Å². The number of pyridine rings is 1. The van der Waals surface area contributed by atoms with Crippen LogP contribution >= 0.6 is 11.6 Å². The minimum absolute atomic E-state index is 0.190. The van der Waals surface area contributed by atoms with E-state index in [4.69, 9.17) is 17.3 Å². The second-order valence-electron chi connectivity index (χ2n) is 4.00. The summed E-state index contributed by atoms with van der Waals surface area (Å²) in [5.41, 5.74) is 8.27. The van der Waals surface area contributed by atoms with Crippen molar-refractivity contribution in [2.45, 2.75) is 13.8 Å². The number of halogens is 1. The van der Waals surface area contributed by atoms with Crippen LogP contribution in [-0.2, 0) is 0 Å². The second-order valence-corrected chi connectivity index (χ2v) is 4.44. The van der Waals surface area contributed by atoms with Gasteiger partial charge in [-0.2, -0.15) is 0 Å². The van der Waals surface area contributed by atoms with Gasteiger partial charge in [0.2, 0.25) is 0 Å². The van der Waals surface area contributed by atoms with E-state index in [0.717, 1.165) is 16.9 Å². The third kappa shape index (κ3) is 2.06. The van der Waals surface area contributed by atoms with Crippen LogP contribution in [-0.4, -0.2) is 4.57 Å². The predicted octanol–water partition coefficient (Wildman–Crippen LogP) is 2.69. The molecule has 4 heteroatoms. The third-order valence-electron chi connectivity index (χ3n) is 2.72. The Morgan fingerprint density at radius 2 is 1.76 bits per heavy atom. The number of nitrogens with two attached hydrogens (primary N) is 1. The number of hydrogen-bond acceptors (Lipinski definition) is 2. The number of nitrogens with zero attached hydrogens (tertiary/aromatic N) is 1. The lowest BCUT2D eigenvalue weighted by molar-refractivity contribution is 0.932. The third-order valence-corrected chi connectivity index (χ3v) is 2.97. The van der Waals surface area contributed by atoms with E-state index < -0.39 is 0 Å². The van der Waals surface area contributed by atoms with Gasteiger partial charge in [-0.3, -0.25) is 9.36 Å². The fourth-order valence-electron chi connectivity index (χ4n) is 1.82. The van der Waals surface area contributed by atoms with E-state index in [1.807, 2.05) is 19.9 Å². The number of rotatable bonds is 1. The van der Waals surface area contributed by atoms with Crippen LogP contribution in [0.25, 0.3) is 5.69 Å². The largest absolute Gasteiger partial charge is 0.394 e. The summed E-state index contributed by atoms with van der Waals surface area (Å²) in [4.78, 5) is 12.1. The van der Waals surface area contributed by atoms with E-state index in [1.165, 1.54) is 0 Å². The van der Waals surface area contributed by atoms with Crippen molar-refractivity contribution in [2.24, 2.45) is 0 Å². The highest BCUT2D eigenvalue weighted by Gasteiger charge is 2.08. The molecule has 1 aromatic carbocycles. The van der Waals surface area contributed by atoms with Crippen molar-refractivity contribution in [1.29, 1.82) is 0 Å². The minimum Gasteiger partial charge on any atom is -0.394 e.